The zero-order chi connectivity index (χ0) is 14.7. The number of anilines is 3. The molecule has 110 valence electrons. The van der Waals surface area contributed by atoms with Crippen LogP contribution in [0.5, 0.6) is 0 Å². The van der Waals surface area contributed by atoms with E-state index in [2.05, 4.69) is 57.4 Å². The van der Waals surface area contributed by atoms with Crippen molar-refractivity contribution in [1.29, 1.82) is 0 Å². The molecule has 21 heavy (non-hydrogen) atoms. The summed E-state index contributed by atoms with van der Waals surface area (Å²) in [5.74, 6) is 2.71. The molecular weight excluding hydrogens is 260 g/mol. The Bertz CT molecular complexity index is 624. The Morgan fingerprint density at radius 2 is 2.05 bits per heavy atom. The van der Waals surface area contributed by atoms with Crippen LogP contribution in [0.2, 0.25) is 0 Å². The second kappa shape index (κ2) is 6.12. The molecule has 0 bridgehead atoms. The summed E-state index contributed by atoms with van der Waals surface area (Å²) < 4.78 is 0. The van der Waals surface area contributed by atoms with Gasteiger partial charge in [0.2, 0.25) is 0 Å². The van der Waals surface area contributed by atoms with Crippen LogP contribution in [0.3, 0.4) is 0 Å². The van der Waals surface area contributed by atoms with Gasteiger partial charge in [-0.15, -0.1) is 0 Å². The molecule has 1 aliphatic heterocycles. The highest BCUT2D eigenvalue weighted by Crippen LogP contribution is 2.32. The Labute approximate surface area is 126 Å². The van der Waals surface area contributed by atoms with E-state index in [9.17, 15) is 0 Å². The molecule has 0 saturated carbocycles. The predicted octanol–water partition coefficient (Wildman–Crippen LogP) is 3.69. The zero-order valence-electron chi connectivity index (χ0n) is 12.8. The molecule has 0 saturated heterocycles. The normalized spacial score (nSPS) is 14.5. The molecule has 0 unspecified atom stereocenters. The minimum absolute atomic E-state index is 0.810. The maximum absolute atomic E-state index is 4.66. The summed E-state index contributed by atoms with van der Waals surface area (Å²) in [6, 6.07) is 10.7. The smallest absolute Gasteiger partial charge is 0.138 e. The van der Waals surface area contributed by atoms with Gasteiger partial charge in [-0.05, 0) is 44.7 Å². The number of fused-ring (bicyclic) bond motifs is 1. The zero-order valence-corrected chi connectivity index (χ0v) is 12.8. The maximum Gasteiger partial charge on any atom is 0.138 e. The average molecular weight is 282 g/mol. The molecule has 0 radical (unpaired) electrons. The van der Waals surface area contributed by atoms with E-state index < -0.39 is 0 Å². The molecule has 1 aromatic heterocycles. The molecule has 0 atom stereocenters. The lowest BCUT2D eigenvalue weighted by atomic mass is 10.1. The number of nitrogens with one attached hydrogen (secondary N) is 1. The number of aryl methyl sites for hydroxylation is 2. The molecule has 1 N–H and O–H groups in total. The first-order valence-electron chi connectivity index (χ1n) is 7.73. The third kappa shape index (κ3) is 2.99. The molecule has 0 fully saturated rings. The second-order valence-corrected chi connectivity index (χ2v) is 5.43. The van der Waals surface area contributed by atoms with Crippen molar-refractivity contribution >= 4 is 17.3 Å². The third-order valence-corrected chi connectivity index (χ3v) is 3.82. The van der Waals surface area contributed by atoms with Gasteiger partial charge in [-0.1, -0.05) is 18.2 Å². The van der Waals surface area contributed by atoms with Crippen molar-refractivity contribution in [3.63, 3.8) is 0 Å². The van der Waals surface area contributed by atoms with Gasteiger partial charge >= 0.3 is 0 Å². The van der Waals surface area contributed by atoms with Crippen molar-refractivity contribution in [2.24, 2.45) is 0 Å². The Hall–Kier alpha value is -2.10. The fraction of sp³-hybridized carbons (Fsp3) is 0.412. The average Bonchev–Trinajstić information content (AvgIpc) is 2.69. The van der Waals surface area contributed by atoms with Crippen LogP contribution in [-0.2, 0) is 6.42 Å². The largest absolute Gasteiger partial charge is 0.370 e. The first-order chi connectivity index (χ1) is 10.3. The van der Waals surface area contributed by atoms with Gasteiger partial charge in [0.1, 0.15) is 17.5 Å². The number of aromatic nitrogens is 2. The number of nitrogens with zero attached hydrogens (tertiary/aromatic N) is 3. The van der Waals surface area contributed by atoms with Crippen LogP contribution >= 0.6 is 0 Å². The van der Waals surface area contributed by atoms with E-state index in [4.69, 9.17) is 0 Å². The second-order valence-electron chi connectivity index (χ2n) is 5.43. The molecule has 4 nitrogen and oxygen atoms in total. The van der Waals surface area contributed by atoms with Gasteiger partial charge in [-0.3, -0.25) is 0 Å². The van der Waals surface area contributed by atoms with Crippen molar-refractivity contribution in [2.45, 2.75) is 33.1 Å². The van der Waals surface area contributed by atoms with Gasteiger partial charge in [-0.25, -0.2) is 9.97 Å². The Morgan fingerprint density at radius 1 is 1.19 bits per heavy atom. The first-order valence-corrected chi connectivity index (χ1v) is 7.73. The van der Waals surface area contributed by atoms with Gasteiger partial charge in [-0.2, -0.15) is 0 Å². The number of hydrogen-bond acceptors (Lipinski definition) is 4. The minimum Gasteiger partial charge on any atom is -0.370 e. The van der Waals surface area contributed by atoms with Gasteiger partial charge in [0, 0.05) is 24.8 Å². The van der Waals surface area contributed by atoms with Crippen molar-refractivity contribution in [2.75, 3.05) is 23.3 Å². The van der Waals surface area contributed by atoms with Gasteiger partial charge in [0.05, 0.1) is 0 Å². The Kier molecular flexibility index (Phi) is 4.04. The molecule has 3 rings (SSSR count). The Morgan fingerprint density at radius 3 is 2.90 bits per heavy atom. The van der Waals surface area contributed by atoms with E-state index in [1.807, 2.05) is 6.92 Å². The number of para-hydroxylation sites is 1. The van der Waals surface area contributed by atoms with E-state index in [1.54, 1.807) is 0 Å². The standard InChI is InChI=1S/C17H22N4/c1-3-18-16-12-17(20-13(2)19-16)21-11-7-6-9-14-8-4-5-10-15(14)21/h4-5,8,10,12H,3,6-7,9,11H2,1-2H3,(H,18,19,20). The SMILES string of the molecule is CCNc1cc(N2CCCCc3ccccc32)nc(C)n1. The van der Waals surface area contributed by atoms with E-state index in [0.717, 1.165) is 37.0 Å². The summed E-state index contributed by atoms with van der Waals surface area (Å²) in [6.07, 6.45) is 3.57. The fourth-order valence-electron chi connectivity index (χ4n) is 2.89. The minimum atomic E-state index is 0.810. The van der Waals surface area contributed by atoms with E-state index in [1.165, 1.54) is 24.1 Å². The quantitative estimate of drug-likeness (QED) is 0.932. The van der Waals surface area contributed by atoms with E-state index in [0.29, 0.717) is 0 Å². The lowest BCUT2D eigenvalue weighted by molar-refractivity contribution is 0.756. The van der Waals surface area contributed by atoms with Crippen LogP contribution in [-0.4, -0.2) is 23.1 Å². The first kappa shape index (κ1) is 13.9. The lowest BCUT2D eigenvalue weighted by Gasteiger charge is -2.24. The molecule has 2 heterocycles. The van der Waals surface area contributed by atoms with Crippen LogP contribution in [0, 0.1) is 6.92 Å². The third-order valence-electron chi connectivity index (χ3n) is 3.82. The van der Waals surface area contributed by atoms with Gasteiger partial charge < -0.3 is 10.2 Å². The maximum atomic E-state index is 4.66. The fourth-order valence-corrected chi connectivity index (χ4v) is 2.89. The molecule has 1 aromatic carbocycles. The van der Waals surface area contributed by atoms with Crippen molar-refractivity contribution in [3.05, 3.63) is 41.7 Å². The van der Waals surface area contributed by atoms with E-state index >= 15 is 0 Å². The number of hydrogen-bond donors (Lipinski definition) is 1. The lowest BCUT2D eigenvalue weighted by Crippen LogP contribution is -2.20. The highest BCUT2D eigenvalue weighted by Gasteiger charge is 2.18. The predicted molar refractivity (Wildman–Crippen MR) is 87.3 cm³/mol. The van der Waals surface area contributed by atoms with Crippen LogP contribution in [0.25, 0.3) is 0 Å². The van der Waals surface area contributed by atoms with Crippen molar-refractivity contribution in [1.82, 2.24) is 9.97 Å². The molecule has 2 aromatic rings. The monoisotopic (exact) mass is 282 g/mol. The highest BCUT2D eigenvalue weighted by molar-refractivity contribution is 5.66. The van der Waals surface area contributed by atoms with Crippen molar-refractivity contribution < 1.29 is 0 Å². The summed E-state index contributed by atoms with van der Waals surface area (Å²) in [6.45, 7) is 5.91. The van der Waals surface area contributed by atoms with Gasteiger partial charge in [0.25, 0.3) is 0 Å². The summed E-state index contributed by atoms with van der Waals surface area (Å²) in [5.41, 5.74) is 2.70. The van der Waals surface area contributed by atoms with Gasteiger partial charge in [0.15, 0.2) is 0 Å². The van der Waals surface area contributed by atoms with Crippen LogP contribution in [0.4, 0.5) is 17.3 Å². The van der Waals surface area contributed by atoms with Crippen LogP contribution in [0.15, 0.2) is 30.3 Å². The molecular formula is C17H22N4. The summed E-state index contributed by atoms with van der Waals surface area (Å²) >= 11 is 0. The molecule has 0 spiro atoms. The highest BCUT2D eigenvalue weighted by atomic mass is 15.2. The van der Waals surface area contributed by atoms with E-state index in [-0.39, 0.29) is 0 Å². The Balaban J connectivity index is 2.03. The molecule has 1 aliphatic rings. The summed E-state index contributed by atoms with van der Waals surface area (Å²) in [7, 11) is 0. The number of benzene rings is 1. The van der Waals surface area contributed by atoms with Crippen LogP contribution in [0.1, 0.15) is 31.2 Å². The topological polar surface area (TPSA) is 41.0 Å². The molecule has 0 aliphatic carbocycles. The summed E-state index contributed by atoms with van der Waals surface area (Å²) in [5, 5.41) is 3.29. The van der Waals surface area contributed by atoms with Crippen LogP contribution < -0.4 is 10.2 Å². The molecule has 4 heteroatoms. The van der Waals surface area contributed by atoms with Crippen molar-refractivity contribution in [3.8, 4) is 0 Å². The molecule has 0 amide bonds. The number of rotatable bonds is 3. The summed E-state index contributed by atoms with van der Waals surface area (Å²) in [4.78, 5) is 11.4.